The van der Waals surface area contributed by atoms with Crippen LogP contribution in [0, 0.1) is 0 Å². The van der Waals surface area contributed by atoms with Gasteiger partial charge in [-0.2, -0.15) is 0 Å². The lowest BCUT2D eigenvalue weighted by Crippen LogP contribution is -2.28. The number of carbonyl (C=O) groups excluding carboxylic acids is 1. The minimum Gasteiger partial charge on any atom is -0.335 e. The number of likely N-dealkylation sites (N-methyl/N-ethyl adjacent to an activating group) is 1. The average molecular weight is 187 g/mol. The van der Waals surface area contributed by atoms with Crippen LogP contribution in [0.15, 0.2) is 36.4 Å². The topological polar surface area (TPSA) is 20.3 Å². The Morgan fingerprint density at radius 3 is 2.36 bits per heavy atom. The quantitative estimate of drug-likeness (QED) is 0.658. The molecule has 2 rings (SSSR count). The highest BCUT2D eigenvalue weighted by Crippen LogP contribution is 2.26. The van der Waals surface area contributed by atoms with Gasteiger partial charge in [0.25, 0.3) is 0 Å². The molecule has 0 saturated carbocycles. The average Bonchev–Trinajstić information content (AvgIpc) is 2.47. The molecule has 2 heteroatoms. The second-order valence-corrected chi connectivity index (χ2v) is 3.59. The molecule has 0 N–H and O–H groups in total. The Bertz CT molecular complexity index is 381. The largest absolute Gasteiger partial charge is 0.335 e. The molecule has 0 spiro atoms. The van der Waals surface area contributed by atoms with E-state index < -0.39 is 0 Å². The van der Waals surface area contributed by atoms with E-state index in [0.29, 0.717) is 0 Å². The maximum atomic E-state index is 11.4. The summed E-state index contributed by atoms with van der Waals surface area (Å²) >= 11 is 0. The zero-order valence-corrected chi connectivity index (χ0v) is 8.40. The van der Waals surface area contributed by atoms with Crippen molar-refractivity contribution < 1.29 is 4.79 Å². The number of rotatable bonds is 1. The van der Waals surface area contributed by atoms with Crippen molar-refractivity contribution in [2.45, 2.75) is 13.0 Å². The van der Waals surface area contributed by atoms with Gasteiger partial charge in [0, 0.05) is 13.1 Å². The summed E-state index contributed by atoms with van der Waals surface area (Å²) < 4.78 is 0. The standard InChI is InChI=1S/C12H13NO/c1-9-11(8-12(14)13(9)2)10-6-4-3-5-7-10/h3-9H,1-2H3/t9-/m0/s1. The Balaban J connectivity index is 2.38. The van der Waals surface area contributed by atoms with Crippen LogP contribution in [-0.2, 0) is 4.79 Å². The van der Waals surface area contributed by atoms with E-state index in [2.05, 4.69) is 0 Å². The molecule has 14 heavy (non-hydrogen) atoms. The van der Waals surface area contributed by atoms with Crippen LogP contribution in [-0.4, -0.2) is 23.9 Å². The molecule has 1 atom stereocenters. The maximum absolute atomic E-state index is 11.4. The van der Waals surface area contributed by atoms with Crippen molar-refractivity contribution in [2.75, 3.05) is 7.05 Å². The smallest absolute Gasteiger partial charge is 0.247 e. The summed E-state index contributed by atoms with van der Waals surface area (Å²) in [7, 11) is 1.83. The van der Waals surface area contributed by atoms with E-state index >= 15 is 0 Å². The van der Waals surface area contributed by atoms with Crippen LogP contribution in [0.3, 0.4) is 0 Å². The number of benzene rings is 1. The Hall–Kier alpha value is -1.57. The van der Waals surface area contributed by atoms with Crippen LogP contribution in [0.5, 0.6) is 0 Å². The predicted molar refractivity (Wildman–Crippen MR) is 56.7 cm³/mol. The van der Waals surface area contributed by atoms with Crippen molar-refractivity contribution in [1.29, 1.82) is 0 Å². The molecule has 2 nitrogen and oxygen atoms in total. The van der Waals surface area contributed by atoms with Crippen molar-refractivity contribution in [3.8, 4) is 0 Å². The van der Waals surface area contributed by atoms with Gasteiger partial charge in [0.1, 0.15) is 0 Å². The van der Waals surface area contributed by atoms with E-state index in [1.807, 2.05) is 44.3 Å². The number of nitrogens with zero attached hydrogens (tertiary/aromatic N) is 1. The van der Waals surface area contributed by atoms with Crippen molar-refractivity contribution in [2.24, 2.45) is 0 Å². The Kier molecular flexibility index (Phi) is 2.12. The maximum Gasteiger partial charge on any atom is 0.247 e. The number of hydrogen-bond acceptors (Lipinski definition) is 1. The van der Waals surface area contributed by atoms with Crippen molar-refractivity contribution in [3.63, 3.8) is 0 Å². The highest BCUT2D eigenvalue weighted by atomic mass is 16.2. The molecule has 1 aromatic rings. The SMILES string of the molecule is C[C@H]1C(c2ccccc2)=CC(=O)N1C. The van der Waals surface area contributed by atoms with Crippen LogP contribution < -0.4 is 0 Å². The Labute approximate surface area is 83.8 Å². The van der Waals surface area contributed by atoms with Gasteiger partial charge in [-0.15, -0.1) is 0 Å². The summed E-state index contributed by atoms with van der Waals surface area (Å²) in [4.78, 5) is 13.2. The highest BCUT2D eigenvalue weighted by Gasteiger charge is 2.26. The van der Waals surface area contributed by atoms with Crippen molar-refractivity contribution in [1.82, 2.24) is 4.90 Å². The normalized spacial score (nSPS) is 21.3. The van der Waals surface area contributed by atoms with Gasteiger partial charge >= 0.3 is 0 Å². The number of amides is 1. The molecule has 1 aliphatic heterocycles. The highest BCUT2D eigenvalue weighted by molar-refractivity contribution is 6.01. The Morgan fingerprint density at radius 1 is 1.21 bits per heavy atom. The van der Waals surface area contributed by atoms with E-state index in [-0.39, 0.29) is 11.9 Å². The number of hydrogen-bond donors (Lipinski definition) is 0. The first-order valence-electron chi connectivity index (χ1n) is 4.74. The zero-order chi connectivity index (χ0) is 10.1. The van der Waals surface area contributed by atoms with Gasteiger partial charge in [-0.05, 0) is 18.1 Å². The van der Waals surface area contributed by atoms with Crippen LogP contribution in [0.4, 0.5) is 0 Å². The van der Waals surface area contributed by atoms with Crippen LogP contribution in [0.2, 0.25) is 0 Å². The fourth-order valence-electron chi connectivity index (χ4n) is 1.71. The molecule has 0 aromatic heterocycles. The molecule has 0 aliphatic carbocycles. The lowest BCUT2D eigenvalue weighted by atomic mass is 10.0. The summed E-state index contributed by atoms with van der Waals surface area (Å²) in [6, 6.07) is 10.2. The third-order valence-electron chi connectivity index (χ3n) is 2.76. The van der Waals surface area contributed by atoms with Gasteiger partial charge in [0.2, 0.25) is 5.91 Å². The van der Waals surface area contributed by atoms with E-state index in [4.69, 9.17) is 0 Å². The first kappa shape index (κ1) is 9.00. The third kappa shape index (κ3) is 1.33. The van der Waals surface area contributed by atoms with Gasteiger partial charge in [-0.3, -0.25) is 4.79 Å². The van der Waals surface area contributed by atoms with Crippen LogP contribution in [0.25, 0.3) is 5.57 Å². The third-order valence-corrected chi connectivity index (χ3v) is 2.76. The molecule has 0 unspecified atom stereocenters. The minimum absolute atomic E-state index is 0.0938. The van der Waals surface area contributed by atoms with Crippen LogP contribution in [0.1, 0.15) is 12.5 Å². The second kappa shape index (κ2) is 3.29. The molecule has 0 fully saturated rings. The fraction of sp³-hybridized carbons (Fsp3) is 0.250. The van der Waals surface area contributed by atoms with E-state index in [0.717, 1.165) is 11.1 Å². The summed E-state index contributed by atoms with van der Waals surface area (Å²) in [5.41, 5.74) is 2.25. The van der Waals surface area contributed by atoms with Crippen molar-refractivity contribution >= 4 is 11.5 Å². The lowest BCUT2D eigenvalue weighted by molar-refractivity contribution is -0.124. The zero-order valence-electron chi connectivity index (χ0n) is 8.40. The molecular formula is C12H13NO. The summed E-state index contributed by atoms with van der Waals surface area (Å²) in [6.07, 6.45) is 1.72. The van der Waals surface area contributed by atoms with Gasteiger partial charge in [0.15, 0.2) is 0 Å². The van der Waals surface area contributed by atoms with Gasteiger partial charge in [0.05, 0.1) is 6.04 Å². The van der Waals surface area contributed by atoms with Crippen LogP contribution >= 0.6 is 0 Å². The first-order valence-corrected chi connectivity index (χ1v) is 4.74. The summed E-state index contributed by atoms with van der Waals surface area (Å²) in [5, 5.41) is 0. The number of carbonyl (C=O) groups is 1. The molecule has 0 bridgehead atoms. The molecule has 1 amide bonds. The summed E-state index contributed by atoms with van der Waals surface area (Å²) in [6.45, 7) is 2.05. The van der Waals surface area contributed by atoms with E-state index in [9.17, 15) is 4.79 Å². The van der Waals surface area contributed by atoms with Crippen molar-refractivity contribution in [3.05, 3.63) is 42.0 Å². The molecular weight excluding hydrogens is 174 g/mol. The Morgan fingerprint density at radius 2 is 1.86 bits per heavy atom. The second-order valence-electron chi connectivity index (χ2n) is 3.59. The minimum atomic E-state index is 0.0938. The fourth-order valence-corrected chi connectivity index (χ4v) is 1.71. The first-order chi connectivity index (χ1) is 6.70. The van der Waals surface area contributed by atoms with E-state index in [1.54, 1.807) is 11.0 Å². The van der Waals surface area contributed by atoms with Gasteiger partial charge < -0.3 is 4.90 Å². The molecule has 1 aliphatic rings. The predicted octanol–water partition coefficient (Wildman–Crippen LogP) is 1.93. The molecule has 0 radical (unpaired) electrons. The lowest BCUT2D eigenvalue weighted by Gasteiger charge is -2.18. The summed E-state index contributed by atoms with van der Waals surface area (Å²) in [5.74, 6) is 0.0938. The monoisotopic (exact) mass is 187 g/mol. The van der Waals surface area contributed by atoms with Gasteiger partial charge in [-0.1, -0.05) is 30.3 Å². The molecule has 1 aromatic carbocycles. The van der Waals surface area contributed by atoms with Gasteiger partial charge in [-0.25, -0.2) is 0 Å². The molecule has 1 heterocycles. The molecule has 0 saturated heterocycles. The van der Waals surface area contributed by atoms with E-state index in [1.165, 1.54) is 0 Å². The molecule has 72 valence electrons.